The SMILES string of the molecule is Clc1ccc(COc2ccc([C@H]3C=CC=CC3)cc2)cc1Cl. The second kappa shape index (κ2) is 7.04. The van der Waals surface area contributed by atoms with Crippen LogP contribution in [0.1, 0.15) is 23.5 Å². The Balaban J connectivity index is 1.62. The highest BCUT2D eigenvalue weighted by atomic mass is 35.5. The molecule has 0 fully saturated rings. The van der Waals surface area contributed by atoms with Crippen molar-refractivity contribution in [2.45, 2.75) is 18.9 Å². The molecule has 2 aromatic rings. The molecule has 1 atom stereocenters. The molecule has 0 unspecified atom stereocenters. The number of hydrogen-bond acceptors (Lipinski definition) is 1. The molecule has 1 nitrogen and oxygen atoms in total. The summed E-state index contributed by atoms with van der Waals surface area (Å²) in [5, 5.41) is 1.11. The molecule has 0 aliphatic heterocycles. The van der Waals surface area contributed by atoms with E-state index in [2.05, 4.69) is 36.4 Å². The first-order valence-corrected chi connectivity index (χ1v) is 7.98. The summed E-state index contributed by atoms with van der Waals surface area (Å²) in [7, 11) is 0. The zero-order chi connectivity index (χ0) is 15.4. The number of halogens is 2. The Morgan fingerprint density at radius 3 is 2.45 bits per heavy atom. The van der Waals surface area contributed by atoms with Gasteiger partial charge in [-0.15, -0.1) is 0 Å². The van der Waals surface area contributed by atoms with Crippen LogP contribution in [0.25, 0.3) is 0 Å². The van der Waals surface area contributed by atoms with E-state index < -0.39 is 0 Å². The van der Waals surface area contributed by atoms with Crippen molar-refractivity contribution in [3.05, 3.63) is 87.9 Å². The van der Waals surface area contributed by atoms with Crippen molar-refractivity contribution in [1.82, 2.24) is 0 Å². The fraction of sp³-hybridized carbons (Fsp3) is 0.158. The van der Waals surface area contributed by atoms with Crippen molar-refractivity contribution in [3.8, 4) is 5.75 Å². The van der Waals surface area contributed by atoms with Crippen LogP contribution in [0.3, 0.4) is 0 Å². The van der Waals surface area contributed by atoms with Crippen LogP contribution in [0.2, 0.25) is 10.0 Å². The fourth-order valence-electron chi connectivity index (χ4n) is 2.44. The number of allylic oxidation sites excluding steroid dienone is 4. The van der Waals surface area contributed by atoms with Gasteiger partial charge in [0, 0.05) is 5.92 Å². The van der Waals surface area contributed by atoms with Crippen LogP contribution in [0.4, 0.5) is 0 Å². The molecule has 0 saturated carbocycles. The molecule has 0 heterocycles. The minimum absolute atomic E-state index is 0.467. The zero-order valence-electron chi connectivity index (χ0n) is 12.0. The molecule has 0 spiro atoms. The second-order valence-corrected chi connectivity index (χ2v) is 6.08. The first-order valence-electron chi connectivity index (χ1n) is 7.22. The Hall–Kier alpha value is -1.70. The monoisotopic (exact) mass is 330 g/mol. The van der Waals surface area contributed by atoms with Crippen molar-refractivity contribution in [2.75, 3.05) is 0 Å². The molecule has 1 aliphatic rings. The molecular formula is C19H16Cl2O. The van der Waals surface area contributed by atoms with E-state index in [-0.39, 0.29) is 0 Å². The minimum Gasteiger partial charge on any atom is -0.489 e. The number of rotatable bonds is 4. The molecule has 0 bridgehead atoms. The van der Waals surface area contributed by atoms with Gasteiger partial charge >= 0.3 is 0 Å². The van der Waals surface area contributed by atoms with Crippen molar-refractivity contribution < 1.29 is 4.74 Å². The van der Waals surface area contributed by atoms with Gasteiger partial charge in [0.05, 0.1) is 10.0 Å². The maximum Gasteiger partial charge on any atom is 0.119 e. The van der Waals surface area contributed by atoms with E-state index in [0.29, 0.717) is 22.6 Å². The van der Waals surface area contributed by atoms with Gasteiger partial charge in [-0.3, -0.25) is 0 Å². The molecule has 3 rings (SSSR count). The molecular weight excluding hydrogens is 315 g/mol. The molecule has 0 N–H and O–H groups in total. The highest BCUT2D eigenvalue weighted by molar-refractivity contribution is 6.42. The Morgan fingerprint density at radius 2 is 1.77 bits per heavy atom. The molecule has 0 aromatic heterocycles. The third-order valence-corrected chi connectivity index (χ3v) is 4.42. The zero-order valence-corrected chi connectivity index (χ0v) is 13.5. The van der Waals surface area contributed by atoms with Crippen LogP contribution < -0.4 is 4.74 Å². The second-order valence-electron chi connectivity index (χ2n) is 5.26. The maximum atomic E-state index is 6.00. The summed E-state index contributed by atoms with van der Waals surface area (Å²) in [5.41, 5.74) is 2.31. The fourth-order valence-corrected chi connectivity index (χ4v) is 2.76. The lowest BCUT2D eigenvalue weighted by Crippen LogP contribution is -1.98. The smallest absolute Gasteiger partial charge is 0.119 e. The van der Waals surface area contributed by atoms with Gasteiger partial charge in [0.15, 0.2) is 0 Å². The van der Waals surface area contributed by atoms with Crippen molar-refractivity contribution in [2.24, 2.45) is 0 Å². The van der Waals surface area contributed by atoms with Crippen molar-refractivity contribution >= 4 is 23.2 Å². The normalized spacial score (nSPS) is 16.7. The van der Waals surface area contributed by atoms with Gasteiger partial charge in [-0.25, -0.2) is 0 Å². The number of hydrogen-bond donors (Lipinski definition) is 0. The summed E-state index contributed by atoms with van der Waals surface area (Å²) >= 11 is 11.9. The van der Waals surface area contributed by atoms with E-state index in [1.54, 1.807) is 6.07 Å². The highest BCUT2D eigenvalue weighted by Crippen LogP contribution is 2.27. The molecule has 1 aliphatic carbocycles. The van der Waals surface area contributed by atoms with E-state index in [9.17, 15) is 0 Å². The molecule has 3 heteroatoms. The summed E-state index contributed by atoms with van der Waals surface area (Å²) in [6, 6.07) is 13.8. The molecule has 112 valence electrons. The maximum absolute atomic E-state index is 6.00. The van der Waals surface area contributed by atoms with Gasteiger partial charge < -0.3 is 4.74 Å². The predicted octanol–water partition coefficient (Wildman–Crippen LogP) is 6.17. The van der Waals surface area contributed by atoms with Gasteiger partial charge in [-0.05, 0) is 41.8 Å². The van der Waals surface area contributed by atoms with Crippen molar-refractivity contribution in [1.29, 1.82) is 0 Å². The average Bonchev–Trinajstić information content (AvgIpc) is 2.57. The van der Waals surface area contributed by atoms with Gasteiger partial charge in [-0.2, -0.15) is 0 Å². The Morgan fingerprint density at radius 1 is 0.955 bits per heavy atom. The van der Waals surface area contributed by atoms with Crippen molar-refractivity contribution in [3.63, 3.8) is 0 Å². The standard InChI is InChI=1S/C19H16Cl2O/c20-18-11-6-14(12-19(18)21)13-22-17-9-7-16(8-10-17)15-4-2-1-3-5-15/h1-4,6-12,15H,5,13H2/t15-/m0/s1. The Bertz CT molecular complexity index is 702. The Labute approximate surface area is 140 Å². The number of benzene rings is 2. The summed E-state index contributed by atoms with van der Waals surface area (Å²) < 4.78 is 5.80. The summed E-state index contributed by atoms with van der Waals surface area (Å²) in [4.78, 5) is 0. The van der Waals surface area contributed by atoms with Crippen LogP contribution in [0, 0.1) is 0 Å². The Kier molecular flexibility index (Phi) is 4.87. The van der Waals surface area contributed by atoms with Crippen LogP contribution >= 0.6 is 23.2 Å². The molecule has 0 radical (unpaired) electrons. The predicted molar refractivity (Wildman–Crippen MR) is 92.9 cm³/mol. The third kappa shape index (κ3) is 3.73. The van der Waals surface area contributed by atoms with Crippen LogP contribution in [0.5, 0.6) is 5.75 Å². The van der Waals surface area contributed by atoms with E-state index >= 15 is 0 Å². The molecule has 0 saturated heterocycles. The molecule has 2 aromatic carbocycles. The van der Waals surface area contributed by atoms with Gasteiger partial charge in [-0.1, -0.05) is 65.7 Å². The van der Waals surface area contributed by atoms with Crippen LogP contribution in [0.15, 0.2) is 66.8 Å². The van der Waals surface area contributed by atoms with Gasteiger partial charge in [0.25, 0.3) is 0 Å². The van der Waals surface area contributed by atoms with E-state index in [4.69, 9.17) is 27.9 Å². The quantitative estimate of drug-likeness (QED) is 0.651. The highest BCUT2D eigenvalue weighted by Gasteiger charge is 2.08. The minimum atomic E-state index is 0.467. The summed E-state index contributed by atoms with van der Waals surface area (Å²) in [6.07, 6.45) is 9.67. The van der Waals surface area contributed by atoms with E-state index in [0.717, 1.165) is 17.7 Å². The van der Waals surface area contributed by atoms with E-state index in [1.165, 1.54) is 5.56 Å². The van der Waals surface area contributed by atoms with Gasteiger partial charge in [0.2, 0.25) is 0 Å². The lowest BCUT2D eigenvalue weighted by Gasteiger charge is -2.14. The van der Waals surface area contributed by atoms with E-state index in [1.807, 2.05) is 24.3 Å². The lowest BCUT2D eigenvalue weighted by molar-refractivity contribution is 0.306. The lowest BCUT2D eigenvalue weighted by atomic mass is 9.93. The first-order chi connectivity index (χ1) is 10.7. The first kappa shape index (κ1) is 15.2. The molecule has 0 amide bonds. The van der Waals surface area contributed by atoms with Crippen LogP contribution in [-0.2, 0) is 6.61 Å². The largest absolute Gasteiger partial charge is 0.489 e. The third-order valence-electron chi connectivity index (χ3n) is 3.68. The van der Waals surface area contributed by atoms with Gasteiger partial charge in [0.1, 0.15) is 12.4 Å². The average molecular weight is 331 g/mol. The summed E-state index contributed by atoms with van der Waals surface area (Å²) in [6.45, 7) is 0.475. The summed E-state index contributed by atoms with van der Waals surface area (Å²) in [5.74, 6) is 1.32. The topological polar surface area (TPSA) is 9.23 Å². The van der Waals surface area contributed by atoms with Crippen LogP contribution in [-0.4, -0.2) is 0 Å². The molecule has 22 heavy (non-hydrogen) atoms. The number of ether oxygens (including phenoxy) is 1.